The lowest BCUT2D eigenvalue weighted by Crippen LogP contribution is -2.11. The number of rotatable bonds is 5. The number of hydrogen-bond donors (Lipinski definition) is 0. The maximum atomic E-state index is 13.2. The largest absolute Gasteiger partial charge is 0.383 e. The first-order valence-corrected chi connectivity index (χ1v) is 8.35. The Morgan fingerprint density at radius 3 is 2.67 bits per heavy atom. The van der Waals surface area contributed by atoms with Crippen LogP contribution < -0.4 is 0 Å². The molecule has 0 atom stereocenters. The monoisotopic (exact) mass is 353 g/mol. The second-order valence-corrected chi connectivity index (χ2v) is 6.88. The van der Waals surface area contributed by atoms with Crippen LogP contribution in [0.2, 0.25) is 5.02 Å². The Morgan fingerprint density at radius 2 is 2.10 bits per heavy atom. The van der Waals surface area contributed by atoms with Crippen LogP contribution in [0.3, 0.4) is 0 Å². The van der Waals surface area contributed by atoms with Gasteiger partial charge in [0, 0.05) is 23.4 Å². The zero-order chi connectivity index (χ0) is 15.6. The van der Waals surface area contributed by atoms with Gasteiger partial charge >= 0.3 is 0 Å². The van der Waals surface area contributed by atoms with Gasteiger partial charge in [-0.1, -0.05) is 11.6 Å². The molecule has 0 aliphatic carbocycles. The summed E-state index contributed by atoms with van der Waals surface area (Å²) in [4.78, 5) is 0. The molecule has 0 fully saturated rings. The molecule has 1 heterocycles. The standard InChI is InChI=1S/C11H10Cl2FN3O3S/c1-20-5-4-17-10(15-16-11(17)21(13,18)19)7-2-3-9(14)8(12)6-7/h2-3,6H,4-5H2,1H3. The molecule has 0 unspecified atom stereocenters. The van der Waals surface area contributed by atoms with Crippen molar-refractivity contribution in [1.29, 1.82) is 0 Å². The summed E-state index contributed by atoms with van der Waals surface area (Å²) in [7, 11) is 2.72. The van der Waals surface area contributed by atoms with E-state index in [0.717, 1.165) is 6.07 Å². The van der Waals surface area contributed by atoms with Gasteiger partial charge < -0.3 is 4.74 Å². The van der Waals surface area contributed by atoms with E-state index in [4.69, 9.17) is 27.0 Å². The molecule has 6 nitrogen and oxygen atoms in total. The van der Waals surface area contributed by atoms with E-state index in [1.807, 2.05) is 0 Å². The Bertz CT molecular complexity index is 764. The lowest BCUT2D eigenvalue weighted by atomic mass is 10.2. The predicted octanol–water partition coefficient (Wildman–Crippen LogP) is 2.31. The molecule has 0 aliphatic rings. The average Bonchev–Trinajstić information content (AvgIpc) is 2.83. The van der Waals surface area contributed by atoms with Gasteiger partial charge in [0.15, 0.2) is 5.82 Å². The van der Waals surface area contributed by atoms with Crippen molar-refractivity contribution >= 4 is 31.3 Å². The molecule has 0 radical (unpaired) electrons. The van der Waals surface area contributed by atoms with Gasteiger partial charge in [-0.05, 0) is 18.2 Å². The lowest BCUT2D eigenvalue weighted by Gasteiger charge is -2.08. The summed E-state index contributed by atoms with van der Waals surface area (Å²) in [5, 5.41) is 6.85. The van der Waals surface area contributed by atoms with E-state index in [0.29, 0.717) is 5.56 Å². The first-order chi connectivity index (χ1) is 9.84. The lowest BCUT2D eigenvalue weighted by molar-refractivity contribution is 0.185. The van der Waals surface area contributed by atoms with Crippen LogP contribution in [0.4, 0.5) is 4.39 Å². The summed E-state index contributed by atoms with van der Waals surface area (Å²) in [5.74, 6) is -0.387. The third-order valence-electron chi connectivity index (χ3n) is 2.63. The maximum absolute atomic E-state index is 13.2. The van der Waals surface area contributed by atoms with E-state index >= 15 is 0 Å². The fourth-order valence-electron chi connectivity index (χ4n) is 1.70. The Kier molecular flexibility index (Phi) is 4.82. The third-order valence-corrected chi connectivity index (χ3v) is 4.07. The van der Waals surface area contributed by atoms with Crippen molar-refractivity contribution in [3.63, 3.8) is 0 Å². The van der Waals surface area contributed by atoms with Crippen LogP contribution in [0.5, 0.6) is 0 Å². The SMILES string of the molecule is COCCn1c(-c2ccc(F)c(Cl)c2)nnc1S(=O)(=O)Cl. The highest BCUT2D eigenvalue weighted by Crippen LogP contribution is 2.26. The second-order valence-electron chi connectivity index (χ2n) is 4.02. The highest BCUT2D eigenvalue weighted by Gasteiger charge is 2.23. The van der Waals surface area contributed by atoms with Crippen LogP contribution in [-0.4, -0.2) is 36.9 Å². The molecular formula is C11H10Cl2FN3O3S. The molecular weight excluding hydrogens is 344 g/mol. The third kappa shape index (κ3) is 3.52. The van der Waals surface area contributed by atoms with Crippen molar-refractivity contribution in [2.24, 2.45) is 0 Å². The molecule has 114 valence electrons. The fourth-order valence-corrected chi connectivity index (χ4v) is 2.80. The molecule has 0 bridgehead atoms. The number of benzene rings is 1. The first-order valence-electron chi connectivity index (χ1n) is 5.67. The van der Waals surface area contributed by atoms with Gasteiger partial charge in [0.1, 0.15) is 5.82 Å². The normalized spacial score (nSPS) is 11.8. The van der Waals surface area contributed by atoms with E-state index < -0.39 is 20.0 Å². The summed E-state index contributed by atoms with van der Waals surface area (Å²) in [6.45, 7) is 0.383. The molecule has 1 aromatic carbocycles. The van der Waals surface area contributed by atoms with Crippen molar-refractivity contribution in [1.82, 2.24) is 14.8 Å². The molecule has 0 amide bonds. The van der Waals surface area contributed by atoms with Gasteiger partial charge in [-0.3, -0.25) is 4.57 Å². The second kappa shape index (κ2) is 6.27. The smallest absolute Gasteiger partial charge is 0.296 e. The molecule has 0 saturated carbocycles. The van der Waals surface area contributed by atoms with Gasteiger partial charge in [0.25, 0.3) is 14.2 Å². The number of nitrogens with zero attached hydrogens (tertiary/aromatic N) is 3. The number of ether oxygens (including phenoxy) is 1. The molecule has 2 aromatic rings. The van der Waals surface area contributed by atoms with Gasteiger partial charge in [-0.2, -0.15) is 0 Å². The van der Waals surface area contributed by atoms with Crippen LogP contribution in [0.15, 0.2) is 23.4 Å². The van der Waals surface area contributed by atoms with E-state index in [-0.39, 0.29) is 24.0 Å². The van der Waals surface area contributed by atoms with Gasteiger partial charge in [-0.25, -0.2) is 12.8 Å². The summed E-state index contributed by atoms with van der Waals surface area (Å²) < 4.78 is 42.4. The summed E-state index contributed by atoms with van der Waals surface area (Å²) in [6, 6.07) is 3.90. The molecule has 0 saturated heterocycles. The van der Waals surface area contributed by atoms with Crippen molar-refractivity contribution in [3.05, 3.63) is 29.0 Å². The quantitative estimate of drug-likeness (QED) is 0.771. The number of hydrogen-bond acceptors (Lipinski definition) is 5. The van der Waals surface area contributed by atoms with Crippen LogP contribution in [0, 0.1) is 5.82 Å². The Labute approximate surface area is 129 Å². The van der Waals surface area contributed by atoms with Gasteiger partial charge in [0.2, 0.25) is 0 Å². The topological polar surface area (TPSA) is 74.1 Å². The predicted molar refractivity (Wildman–Crippen MR) is 75.3 cm³/mol. The molecule has 0 spiro atoms. The Hall–Kier alpha value is -1.22. The number of halogens is 3. The van der Waals surface area contributed by atoms with Crippen LogP contribution in [0.25, 0.3) is 11.4 Å². The van der Waals surface area contributed by atoms with E-state index in [1.165, 1.54) is 23.8 Å². The minimum atomic E-state index is -4.07. The minimum absolute atomic E-state index is 0.107. The highest BCUT2D eigenvalue weighted by atomic mass is 35.7. The van der Waals surface area contributed by atoms with Crippen molar-refractivity contribution in [2.45, 2.75) is 11.7 Å². The van der Waals surface area contributed by atoms with Crippen molar-refractivity contribution in [2.75, 3.05) is 13.7 Å². The molecule has 0 aliphatic heterocycles. The van der Waals surface area contributed by atoms with E-state index in [2.05, 4.69) is 10.2 Å². The summed E-state index contributed by atoms with van der Waals surface area (Å²) in [6.07, 6.45) is 0. The van der Waals surface area contributed by atoms with Crippen LogP contribution in [0.1, 0.15) is 0 Å². The summed E-state index contributed by atoms with van der Waals surface area (Å²) >= 11 is 5.72. The zero-order valence-electron chi connectivity index (χ0n) is 10.8. The Morgan fingerprint density at radius 1 is 1.38 bits per heavy atom. The van der Waals surface area contributed by atoms with Gasteiger partial charge in [0.05, 0.1) is 18.2 Å². The number of aromatic nitrogens is 3. The molecule has 1 aromatic heterocycles. The first kappa shape index (κ1) is 16.2. The average molecular weight is 354 g/mol. The fraction of sp³-hybridized carbons (Fsp3) is 0.273. The molecule has 0 N–H and O–H groups in total. The van der Waals surface area contributed by atoms with Crippen LogP contribution in [-0.2, 0) is 20.3 Å². The van der Waals surface area contributed by atoms with Crippen molar-refractivity contribution in [3.8, 4) is 11.4 Å². The summed E-state index contributed by atoms with van der Waals surface area (Å²) in [5.41, 5.74) is 0.413. The highest BCUT2D eigenvalue weighted by molar-refractivity contribution is 8.13. The van der Waals surface area contributed by atoms with E-state index in [1.54, 1.807) is 0 Å². The van der Waals surface area contributed by atoms with Crippen molar-refractivity contribution < 1.29 is 17.5 Å². The Balaban J connectivity index is 2.57. The maximum Gasteiger partial charge on any atom is 0.296 e. The van der Waals surface area contributed by atoms with Crippen LogP contribution >= 0.6 is 22.3 Å². The van der Waals surface area contributed by atoms with Gasteiger partial charge in [-0.15, -0.1) is 10.2 Å². The van der Waals surface area contributed by atoms with E-state index in [9.17, 15) is 12.8 Å². The molecule has 10 heteroatoms. The minimum Gasteiger partial charge on any atom is -0.383 e. The zero-order valence-corrected chi connectivity index (χ0v) is 13.1. The molecule has 2 rings (SSSR count). The molecule has 21 heavy (non-hydrogen) atoms. The number of methoxy groups -OCH3 is 1.